The van der Waals surface area contributed by atoms with Crippen molar-refractivity contribution < 1.29 is 13.5 Å². The van der Waals surface area contributed by atoms with Crippen molar-refractivity contribution in [3.05, 3.63) is 89.5 Å². The van der Waals surface area contributed by atoms with E-state index in [-0.39, 0.29) is 17.7 Å². The number of hydrogen-bond acceptors (Lipinski definition) is 2. The standard InChI is InChI=1S/C22H21F2NO/c1-15(17-6-10-20(26-2)11-7-17)25-14-16-3-12-22(24)21(13-16)18-4-8-19(23)9-5-18/h3-13,15,25H,14H2,1-2H3/t15-/m1/s1. The first-order valence-corrected chi connectivity index (χ1v) is 8.48. The van der Waals surface area contributed by atoms with Gasteiger partial charge in [-0.05, 0) is 60.0 Å². The summed E-state index contributed by atoms with van der Waals surface area (Å²) in [5.41, 5.74) is 3.24. The zero-order valence-corrected chi connectivity index (χ0v) is 14.8. The Bertz CT molecular complexity index is 860. The Labute approximate surface area is 152 Å². The van der Waals surface area contributed by atoms with E-state index in [0.717, 1.165) is 16.9 Å². The number of hydrogen-bond donors (Lipinski definition) is 1. The van der Waals surface area contributed by atoms with Crippen LogP contribution >= 0.6 is 0 Å². The molecule has 0 aliphatic rings. The second-order valence-corrected chi connectivity index (χ2v) is 6.20. The third-order valence-corrected chi connectivity index (χ3v) is 4.41. The fourth-order valence-electron chi connectivity index (χ4n) is 2.81. The first kappa shape index (κ1) is 18.1. The van der Waals surface area contributed by atoms with E-state index in [0.29, 0.717) is 17.7 Å². The van der Waals surface area contributed by atoms with E-state index in [4.69, 9.17) is 4.74 Å². The SMILES string of the molecule is COc1ccc([C@@H](C)NCc2ccc(F)c(-c3ccc(F)cc3)c2)cc1. The van der Waals surface area contributed by atoms with Crippen LogP contribution in [0, 0.1) is 11.6 Å². The minimum atomic E-state index is -0.333. The van der Waals surface area contributed by atoms with Crippen LogP contribution < -0.4 is 10.1 Å². The normalized spacial score (nSPS) is 12.0. The Balaban J connectivity index is 1.71. The second kappa shape index (κ2) is 8.11. The largest absolute Gasteiger partial charge is 0.497 e. The summed E-state index contributed by atoms with van der Waals surface area (Å²) in [5.74, 6) is 0.173. The van der Waals surface area contributed by atoms with Crippen LogP contribution in [-0.2, 0) is 6.54 Å². The maximum absolute atomic E-state index is 14.2. The Morgan fingerprint density at radius 1 is 0.923 bits per heavy atom. The van der Waals surface area contributed by atoms with Crippen LogP contribution in [0.1, 0.15) is 24.1 Å². The molecular weight excluding hydrogens is 332 g/mol. The smallest absolute Gasteiger partial charge is 0.131 e. The molecule has 4 heteroatoms. The fraction of sp³-hybridized carbons (Fsp3) is 0.182. The predicted octanol–water partition coefficient (Wildman–Crippen LogP) is 5.49. The molecule has 3 rings (SSSR count). The number of halogens is 2. The van der Waals surface area contributed by atoms with Gasteiger partial charge in [-0.3, -0.25) is 0 Å². The fourth-order valence-corrected chi connectivity index (χ4v) is 2.81. The van der Waals surface area contributed by atoms with E-state index in [2.05, 4.69) is 12.2 Å². The Hall–Kier alpha value is -2.72. The molecule has 1 N–H and O–H groups in total. The molecule has 1 atom stereocenters. The first-order chi connectivity index (χ1) is 12.6. The van der Waals surface area contributed by atoms with Crippen molar-refractivity contribution in [3.63, 3.8) is 0 Å². The van der Waals surface area contributed by atoms with Crippen LogP contribution in [0.5, 0.6) is 5.75 Å². The predicted molar refractivity (Wildman–Crippen MR) is 100 cm³/mol. The molecule has 0 radical (unpaired) electrons. The third kappa shape index (κ3) is 4.27. The molecule has 134 valence electrons. The van der Waals surface area contributed by atoms with Crippen molar-refractivity contribution in [3.8, 4) is 16.9 Å². The van der Waals surface area contributed by atoms with Crippen molar-refractivity contribution in [2.45, 2.75) is 19.5 Å². The van der Waals surface area contributed by atoms with Crippen LogP contribution in [0.3, 0.4) is 0 Å². The molecule has 0 saturated heterocycles. The Morgan fingerprint density at radius 2 is 1.62 bits per heavy atom. The summed E-state index contributed by atoms with van der Waals surface area (Å²) in [4.78, 5) is 0. The van der Waals surface area contributed by atoms with Gasteiger partial charge in [0.25, 0.3) is 0 Å². The summed E-state index contributed by atoms with van der Waals surface area (Å²) in [7, 11) is 1.64. The van der Waals surface area contributed by atoms with Crippen molar-refractivity contribution >= 4 is 0 Å². The molecule has 0 saturated carbocycles. The lowest BCUT2D eigenvalue weighted by molar-refractivity contribution is 0.414. The minimum absolute atomic E-state index is 0.139. The Morgan fingerprint density at radius 3 is 2.27 bits per heavy atom. The van der Waals surface area contributed by atoms with Gasteiger partial charge in [-0.25, -0.2) is 8.78 Å². The van der Waals surface area contributed by atoms with Gasteiger partial charge in [0.05, 0.1) is 7.11 Å². The first-order valence-electron chi connectivity index (χ1n) is 8.48. The van der Waals surface area contributed by atoms with Crippen LogP contribution in [0.15, 0.2) is 66.7 Å². The lowest BCUT2D eigenvalue weighted by Crippen LogP contribution is -2.18. The summed E-state index contributed by atoms with van der Waals surface area (Å²) in [6.07, 6.45) is 0. The molecule has 3 aromatic rings. The van der Waals surface area contributed by atoms with Crippen molar-refractivity contribution in [2.24, 2.45) is 0 Å². The maximum Gasteiger partial charge on any atom is 0.131 e. The Kier molecular flexibility index (Phi) is 5.64. The second-order valence-electron chi connectivity index (χ2n) is 6.20. The molecular formula is C22H21F2NO. The molecule has 0 unspecified atom stereocenters. The molecule has 0 amide bonds. The summed E-state index contributed by atoms with van der Waals surface area (Å²) >= 11 is 0. The zero-order valence-electron chi connectivity index (χ0n) is 14.8. The van der Waals surface area contributed by atoms with Crippen LogP contribution in [0.4, 0.5) is 8.78 Å². The quantitative estimate of drug-likeness (QED) is 0.632. The van der Waals surface area contributed by atoms with Crippen LogP contribution in [-0.4, -0.2) is 7.11 Å². The van der Waals surface area contributed by atoms with Gasteiger partial charge in [-0.2, -0.15) is 0 Å². The average molecular weight is 353 g/mol. The van der Waals surface area contributed by atoms with Crippen LogP contribution in [0.25, 0.3) is 11.1 Å². The van der Waals surface area contributed by atoms with E-state index in [1.807, 2.05) is 24.3 Å². The van der Waals surface area contributed by atoms with Crippen LogP contribution in [0.2, 0.25) is 0 Å². The number of rotatable bonds is 6. The van der Waals surface area contributed by atoms with E-state index in [1.54, 1.807) is 31.4 Å². The zero-order chi connectivity index (χ0) is 18.5. The molecule has 0 heterocycles. The van der Waals surface area contributed by atoms with E-state index < -0.39 is 0 Å². The highest BCUT2D eigenvalue weighted by atomic mass is 19.1. The summed E-state index contributed by atoms with van der Waals surface area (Å²) < 4.78 is 32.4. The van der Waals surface area contributed by atoms with Gasteiger partial charge in [0.15, 0.2) is 0 Å². The molecule has 0 aliphatic heterocycles. The van der Waals surface area contributed by atoms with E-state index in [9.17, 15) is 8.78 Å². The number of nitrogens with one attached hydrogen (secondary N) is 1. The van der Waals surface area contributed by atoms with Gasteiger partial charge in [0.2, 0.25) is 0 Å². The average Bonchev–Trinajstić information content (AvgIpc) is 2.68. The van der Waals surface area contributed by atoms with Crippen molar-refractivity contribution in [1.29, 1.82) is 0 Å². The third-order valence-electron chi connectivity index (χ3n) is 4.41. The maximum atomic E-state index is 14.2. The molecule has 26 heavy (non-hydrogen) atoms. The molecule has 0 spiro atoms. The van der Waals surface area contributed by atoms with Gasteiger partial charge in [0, 0.05) is 18.2 Å². The number of ether oxygens (including phenoxy) is 1. The number of methoxy groups -OCH3 is 1. The lowest BCUT2D eigenvalue weighted by atomic mass is 10.0. The molecule has 0 aliphatic carbocycles. The molecule has 0 fully saturated rings. The highest BCUT2D eigenvalue weighted by Crippen LogP contribution is 2.25. The summed E-state index contributed by atoms with van der Waals surface area (Å²) in [5, 5.41) is 3.44. The molecule has 2 nitrogen and oxygen atoms in total. The molecule has 3 aromatic carbocycles. The number of benzene rings is 3. The monoisotopic (exact) mass is 353 g/mol. The van der Waals surface area contributed by atoms with Gasteiger partial charge >= 0.3 is 0 Å². The van der Waals surface area contributed by atoms with Crippen molar-refractivity contribution in [1.82, 2.24) is 5.32 Å². The van der Waals surface area contributed by atoms with Crippen molar-refractivity contribution in [2.75, 3.05) is 7.11 Å². The van der Waals surface area contributed by atoms with Gasteiger partial charge in [0.1, 0.15) is 17.4 Å². The van der Waals surface area contributed by atoms with Gasteiger partial charge in [-0.1, -0.05) is 30.3 Å². The molecule has 0 aromatic heterocycles. The van der Waals surface area contributed by atoms with Gasteiger partial charge < -0.3 is 10.1 Å². The summed E-state index contributed by atoms with van der Waals surface area (Å²) in [6, 6.07) is 18.9. The highest BCUT2D eigenvalue weighted by molar-refractivity contribution is 5.64. The molecule has 0 bridgehead atoms. The minimum Gasteiger partial charge on any atom is -0.497 e. The lowest BCUT2D eigenvalue weighted by Gasteiger charge is -2.15. The van der Waals surface area contributed by atoms with E-state index in [1.165, 1.54) is 18.2 Å². The topological polar surface area (TPSA) is 21.3 Å². The van der Waals surface area contributed by atoms with Gasteiger partial charge in [-0.15, -0.1) is 0 Å². The highest BCUT2D eigenvalue weighted by Gasteiger charge is 2.09. The van der Waals surface area contributed by atoms with E-state index >= 15 is 0 Å². The summed E-state index contributed by atoms with van der Waals surface area (Å²) in [6.45, 7) is 2.67.